The van der Waals surface area contributed by atoms with Gasteiger partial charge in [-0.2, -0.15) is 0 Å². The van der Waals surface area contributed by atoms with Gasteiger partial charge in [-0.1, -0.05) is 17.3 Å². The van der Waals surface area contributed by atoms with Crippen molar-refractivity contribution in [2.75, 3.05) is 5.32 Å². The van der Waals surface area contributed by atoms with Gasteiger partial charge in [-0.25, -0.2) is 0 Å². The third-order valence-corrected chi connectivity index (χ3v) is 4.42. The summed E-state index contributed by atoms with van der Waals surface area (Å²) < 4.78 is 5.09. The molecule has 2 aromatic rings. The highest BCUT2D eigenvalue weighted by molar-refractivity contribution is 5.93. The molecule has 0 saturated heterocycles. The number of aryl methyl sites for hydroxylation is 3. The van der Waals surface area contributed by atoms with Gasteiger partial charge in [0, 0.05) is 17.7 Å². The largest absolute Gasteiger partial charge is 0.361 e. The van der Waals surface area contributed by atoms with Crippen LogP contribution in [0.1, 0.15) is 47.5 Å². The zero-order valence-corrected chi connectivity index (χ0v) is 14.1. The molecule has 1 aromatic carbocycles. The van der Waals surface area contributed by atoms with E-state index in [9.17, 15) is 9.59 Å². The predicted molar refractivity (Wildman–Crippen MR) is 89.6 cm³/mol. The Kier molecular flexibility index (Phi) is 4.38. The Morgan fingerprint density at radius 1 is 1.38 bits per heavy atom. The number of anilines is 1. The van der Waals surface area contributed by atoms with Gasteiger partial charge in [-0.3, -0.25) is 9.59 Å². The first kappa shape index (κ1) is 16.2. The van der Waals surface area contributed by atoms with Gasteiger partial charge in [0.05, 0.1) is 18.2 Å². The fraction of sp³-hybridized carbons (Fsp3) is 0.389. The third kappa shape index (κ3) is 3.32. The highest BCUT2D eigenvalue weighted by Gasteiger charge is 2.18. The number of amides is 2. The van der Waals surface area contributed by atoms with Gasteiger partial charge in [0.25, 0.3) is 0 Å². The molecule has 1 aliphatic heterocycles. The number of hydrogen-bond donors (Lipinski definition) is 2. The van der Waals surface area contributed by atoms with E-state index in [1.54, 1.807) is 0 Å². The van der Waals surface area contributed by atoms with Crippen LogP contribution in [-0.2, 0) is 22.4 Å². The molecule has 24 heavy (non-hydrogen) atoms. The molecule has 2 heterocycles. The molecule has 0 saturated carbocycles. The summed E-state index contributed by atoms with van der Waals surface area (Å²) in [6, 6.07) is 5.78. The second-order valence-corrected chi connectivity index (χ2v) is 6.23. The van der Waals surface area contributed by atoms with Crippen LogP contribution in [-0.4, -0.2) is 17.0 Å². The first-order valence-corrected chi connectivity index (χ1v) is 8.08. The molecular formula is C18H21N3O3. The first-order valence-electron chi connectivity index (χ1n) is 8.08. The number of hydrogen-bond acceptors (Lipinski definition) is 4. The van der Waals surface area contributed by atoms with Gasteiger partial charge >= 0.3 is 0 Å². The molecule has 0 unspecified atom stereocenters. The van der Waals surface area contributed by atoms with Gasteiger partial charge in [0.2, 0.25) is 11.8 Å². The van der Waals surface area contributed by atoms with E-state index in [1.165, 1.54) is 0 Å². The summed E-state index contributed by atoms with van der Waals surface area (Å²) in [4.78, 5) is 23.7. The Morgan fingerprint density at radius 3 is 2.88 bits per heavy atom. The predicted octanol–water partition coefficient (Wildman–Crippen LogP) is 2.60. The Balaban J connectivity index is 1.67. The molecule has 0 bridgehead atoms. The van der Waals surface area contributed by atoms with Crippen molar-refractivity contribution in [1.82, 2.24) is 10.5 Å². The van der Waals surface area contributed by atoms with Crippen molar-refractivity contribution in [3.05, 3.63) is 46.3 Å². The van der Waals surface area contributed by atoms with Crippen LogP contribution in [0.4, 0.5) is 5.69 Å². The molecule has 2 N–H and O–H groups in total. The van der Waals surface area contributed by atoms with Crippen molar-refractivity contribution in [2.45, 2.75) is 46.1 Å². The summed E-state index contributed by atoms with van der Waals surface area (Å²) in [6.07, 6.45) is 1.49. The van der Waals surface area contributed by atoms with Crippen molar-refractivity contribution in [3.63, 3.8) is 0 Å². The SMILES string of the molecule is Cc1noc(C)c1CC(=O)N[C@@H](C)c1ccc2c(c1)CCC(=O)N2. The number of benzene rings is 1. The molecule has 3 rings (SSSR count). The van der Waals surface area contributed by atoms with Gasteiger partial charge < -0.3 is 15.2 Å². The molecule has 0 fully saturated rings. The minimum atomic E-state index is -0.110. The highest BCUT2D eigenvalue weighted by Crippen LogP contribution is 2.26. The molecule has 2 amide bonds. The maximum atomic E-state index is 12.3. The first-order chi connectivity index (χ1) is 11.4. The Morgan fingerprint density at radius 2 is 2.17 bits per heavy atom. The highest BCUT2D eigenvalue weighted by atomic mass is 16.5. The average molecular weight is 327 g/mol. The molecule has 0 radical (unpaired) electrons. The summed E-state index contributed by atoms with van der Waals surface area (Å²) in [5.74, 6) is 0.666. The van der Waals surface area contributed by atoms with Crippen LogP contribution in [0.5, 0.6) is 0 Å². The lowest BCUT2D eigenvalue weighted by molar-refractivity contribution is -0.121. The molecular weight excluding hydrogens is 306 g/mol. The number of nitrogens with zero attached hydrogens (tertiary/aromatic N) is 1. The minimum Gasteiger partial charge on any atom is -0.361 e. The fourth-order valence-electron chi connectivity index (χ4n) is 2.96. The standard InChI is InChI=1S/C18H21N3O3/c1-10(19-18(23)9-15-11(2)21-24-12(15)3)13-4-6-16-14(8-13)5-7-17(22)20-16/h4,6,8,10H,5,7,9H2,1-3H3,(H,19,23)(H,20,22)/t10-/m0/s1. The van der Waals surface area contributed by atoms with E-state index in [-0.39, 0.29) is 24.3 Å². The molecule has 0 spiro atoms. The Hall–Kier alpha value is -2.63. The summed E-state index contributed by atoms with van der Waals surface area (Å²) >= 11 is 0. The summed E-state index contributed by atoms with van der Waals surface area (Å²) in [5.41, 5.74) is 4.59. The molecule has 6 nitrogen and oxygen atoms in total. The van der Waals surface area contributed by atoms with Crippen molar-refractivity contribution >= 4 is 17.5 Å². The third-order valence-electron chi connectivity index (χ3n) is 4.42. The fourth-order valence-corrected chi connectivity index (χ4v) is 2.96. The molecule has 0 aliphatic carbocycles. The van der Waals surface area contributed by atoms with E-state index in [2.05, 4.69) is 21.9 Å². The maximum Gasteiger partial charge on any atom is 0.225 e. The van der Waals surface area contributed by atoms with Gasteiger partial charge in [-0.15, -0.1) is 0 Å². The number of carbonyl (C=O) groups excluding carboxylic acids is 2. The quantitative estimate of drug-likeness (QED) is 0.904. The van der Waals surface area contributed by atoms with Gasteiger partial charge in [0.1, 0.15) is 5.76 Å². The van der Waals surface area contributed by atoms with Crippen LogP contribution in [0, 0.1) is 13.8 Å². The van der Waals surface area contributed by atoms with E-state index >= 15 is 0 Å². The van der Waals surface area contributed by atoms with Crippen molar-refractivity contribution in [3.8, 4) is 0 Å². The van der Waals surface area contributed by atoms with Crippen LogP contribution in [0.3, 0.4) is 0 Å². The van der Waals surface area contributed by atoms with E-state index < -0.39 is 0 Å². The molecule has 1 aliphatic rings. The number of nitrogens with one attached hydrogen (secondary N) is 2. The van der Waals surface area contributed by atoms with E-state index in [0.29, 0.717) is 12.2 Å². The summed E-state index contributed by atoms with van der Waals surface area (Å²) in [6.45, 7) is 5.60. The molecule has 126 valence electrons. The monoisotopic (exact) mass is 327 g/mol. The second-order valence-electron chi connectivity index (χ2n) is 6.23. The number of fused-ring (bicyclic) bond motifs is 1. The number of aromatic nitrogens is 1. The molecule has 1 aromatic heterocycles. The van der Waals surface area contributed by atoms with E-state index in [4.69, 9.17) is 4.52 Å². The minimum absolute atomic E-state index is 0.0519. The van der Waals surface area contributed by atoms with Crippen molar-refractivity contribution in [1.29, 1.82) is 0 Å². The topological polar surface area (TPSA) is 84.2 Å². The summed E-state index contributed by atoms with van der Waals surface area (Å²) in [7, 11) is 0. The number of rotatable bonds is 4. The average Bonchev–Trinajstić information content (AvgIpc) is 2.86. The zero-order chi connectivity index (χ0) is 17.3. The van der Waals surface area contributed by atoms with Gasteiger partial charge in [-0.05, 0) is 44.4 Å². The van der Waals surface area contributed by atoms with Crippen molar-refractivity contribution in [2.24, 2.45) is 0 Å². The second kappa shape index (κ2) is 6.47. The Bertz CT molecular complexity index is 775. The van der Waals surface area contributed by atoms with E-state index in [1.807, 2.05) is 32.9 Å². The van der Waals surface area contributed by atoms with Crippen LogP contribution >= 0.6 is 0 Å². The normalized spacial score (nSPS) is 14.7. The Labute approximate surface area is 140 Å². The lowest BCUT2D eigenvalue weighted by atomic mass is 9.97. The molecule has 1 atom stereocenters. The zero-order valence-electron chi connectivity index (χ0n) is 14.1. The summed E-state index contributed by atoms with van der Waals surface area (Å²) in [5, 5.41) is 9.75. The maximum absolute atomic E-state index is 12.3. The van der Waals surface area contributed by atoms with Crippen molar-refractivity contribution < 1.29 is 14.1 Å². The van der Waals surface area contributed by atoms with Gasteiger partial charge in [0.15, 0.2) is 0 Å². The van der Waals surface area contributed by atoms with Crippen LogP contribution in [0.2, 0.25) is 0 Å². The van der Waals surface area contributed by atoms with Crippen LogP contribution in [0.15, 0.2) is 22.7 Å². The van der Waals surface area contributed by atoms with Crippen LogP contribution < -0.4 is 10.6 Å². The smallest absolute Gasteiger partial charge is 0.225 e. The van der Waals surface area contributed by atoms with E-state index in [0.717, 1.165) is 34.5 Å². The lowest BCUT2D eigenvalue weighted by Crippen LogP contribution is -2.28. The van der Waals surface area contributed by atoms with Crippen LogP contribution in [0.25, 0.3) is 0 Å². The lowest BCUT2D eigenvalue weighted by Gasteiger charge is -2.20. The molecule has 6 heteroatoms. The number of carbonyl (C=O) groups is 2.